The smallest absolute Gasteiger partial charge is 0.412 e. The minimum absolute atomic E-state index is 0.0374. The van der Waals surface area contributed by atoms with E-state index in [9.17, 15) is 9.18 Å². The predicted molar refractivity (Wildman–Crippen MR) is 152 cm³/mol. The van der Waals surface area contributed by atoms with E-state index in [-0.39, 0.29) is 13.2 Å². The molecule has 208 valence electrons. The molecule has 7 heteroatoms. The van der Waals surface area contributed by atoms with E-state index in [2.05, 4.69) is 36.6 Å². The first-order valence-corrected chi connectivity index (χ1v) is 13.8. The van der Waals surface area contributed by atoms with Crippen LogP contribution in [0.25, 0.3) is 0 Å². The van der Waals surface area contributed by atoms with Gasteiger partial charge in [0.05, 0.1) is 13.2 Å². The van der Waals surface area contributed by atoms with Gasteiger partial charge in [-0.15, -0.1) is 0 Å². The molecule has 1 aliphatic heterocycles. The third-order valence-electron chi connectivity index (χ3n) is 6.85. The molecule has 6 nitrogen and oxygen atoms in total. The predicted octanol–water partition coefficient (Wildman–Crippen LogP) is 6.07. The van der Waals surface area contributed by atoms with Crippen molar-refractivity contribution >= 4 is 6.09 Å². The van der Waals surface area contributed by atoms with Crippen molar-refractivity contribution in [1.82, 2.24) is 15.5 Å². The van der Waals surface area contributed by atoms with Crippen molar-refractivity contribution < 1.29 is 18.7 Å². The Kier molecular flexibility index (Phi) is 10.3. The van der Waals surface area contributed by atoms with Crippen molar-refractivity contribution in [2.75, 3.05) is 19.7 Å². The molecule has 2 N–H and O–H groups in total. The van der Waals surface area contributed by atoms with Gasteiger partial charge in [0.2, 0.25) is 0 Å². The van der Waals surface area contributed by atoms with E-state index in [1.54, 1.807) is 0 Å². The molecule has 1 saturated heterocycles. The van der Waals surface area contributed by atoms with Gasteiger partial charge in [0.15, 0.2) is 5.79 Å². The minimum Gasteiger partial charge on any atom is -0.493 e. The van der Waals surface area contributed by atoms with Crippen LogP contribution in [0.2, 0.25) is 0 Å². The fourth-order valence-corrected chi connectivity index (χ4v) is 4.68. The molecule has 39 heavy (non-hydrogen) atoms. The molecule has 0 aromatic heterocycles. The van der Waals surface area contributed by atoms with Gasteiger partial charge in [-0.2, -0.15) is 0 Å². The Labute approximate surface area is 231 Å². The number of hydrogen-bond acceptors (Lipinski definition) is 5. The Hall–Kier alpha value is -3.42. The molecule has 1 fully saturated rings. The maximum atomic E-state index is 14.7. The number of carbonyl (C=O) groups excluding carboxylic acids is 1. The SMILES string of the molecule is CC(C)COc1ccc(CCNC2(NCc3ccccc3)CCC(F)CN2C(=O)OCc2ccccc2)cc1. The number of alkyl halides is 1. The summed E-state index contributed by atoms with van der Waals surface area (Å²) in [5.41, 5.74) is 3.11. The number of carbonyl (C=O) groups is 1. The molecule has 3 aromatic carbocycles. The standard InChI is InChI=1S/C32H40FN3O3/c1-25(2)23-38-30-15-13-26(14-16-30)18-20-34-32(35-21-27-9-5-3-6-10-27)19-17-29(33)22-36(32)31(37)39-24-28-11-7-4-8-12-28/h3-16,25,29,34-35H,17-24H2,1-2H3. The van der Waals surface area contributed by atoms with Crippen molar-refractivity contribution in [3.05, 3.63) is 102 Å². The fraction of sp³-hybridized carbons (Fsp3) is 0.406. The number of nitrogens with one attached hydrogen (secondary N) is 2. The monoisotopic (exact) mass is 533 g/mol. The van der Waals surface area contributed by atoms with Crippen molar-refractivity contribution in [3.8, 4) is 5.75 Å². The summed E-state index contributed by atoms with van der Waals surface area (Å²) in [6, 6.07) is 27.6. The zero-order valence-corrected chi connectivity index (χ0v) is 22.9. The topological polar surface area (TPSA) is 62.8 Å². The normalized spacial score (nSPS) is 19.2. The molecule has 0 bridgehead atoms. The Morgan fingerprint density at radius 2 is 1.62 bits per heavy atom. The van der Waals surface area contributed by atoms with Gasteiger partial charge in [0.25, 0.3) is 0 Å². The van der Waals surface area contributed by atoms with E-state index in [1.165, 1.54) is 4.90 Å². The molecule has 1 aliphatic rings. The second kappa shape index (κ2) is 14.1. The second-order valence-electron chi connectivity index (χ2n) is 10.5. The number of piperidine rings is 1. The molecule has 2 atom stereocenters. The molecule has 0 radical (unpaired) electrons. The van der Waals surface area contributed by atoms with E-state index in [0.29, 0.717) is 38.5 Å². The van der Waals surface area contributed by atoms with Crippen LogP contribution in [0.4, 0.5) is 9.18 Å². The molecular weight excluding hydrogens is 493 g/mol. The average Bonchev–Trinajstić information content (AvgIpc) is 2.96. The molecule has 1 amide bonds. The number of nitrogens with zero attached hydrogens (tertiary/aromatic N) is 1. The molecule has 4 rings (SSSR count). The maximum Gasteiger partial charge on any atom is 0.412 e. The summed E-state index contributed by atoms with van der Waals surface area (Å²) in [5, 5.41) is 7.13. The van der Waals surface area contributed by atoms with Crippen LogP contribution in [0.5, 0.6) is 5.75 Å². The highest BCUT2D eigenvalue weighted by molar-refractivity contribution is 5.69. The molecule has 0 spiro atoms. The van der Waals surface area contributed by atoms with Crippen LogP contribution in [0.3, 0.4) is 0 Å². The van der Waals surface area contributed by atoms with E-state index in [1.807, 2.05) is 72.8 Å². The molecule has 2 unspecified atom stereocenters. The van der Waals surface area contributed by atoms with E-state index in [4.69, 9.17) is 9.47 Å². The Bertz CT molecular complexity index is 1140. The van der Waals surface area contributed by atoms with Gasteiger partial charge in [-0.3, -0.25) is 15.5 Å². The molecule has 1 heterocycles. The van der Waals surface area contributed by atoms with E-state index >= 15 is 0 Å². The highest BCUT2D eigenvalue weighted by Gasteiger charge is 2.45. The quantitative estimate of drug-likeness (QED) is 0.277. The summed E-state index contributed by atoms with van der Waals surface area (Å²) in [5.74, 6) is 0.386. The average molecular weight is 534 g/mol. The highest BCUT2D eigenvalue weighted by atomic mass is 19.1. The maximum absolute atomic E-state index is 14.7. The van der Waals surface area contributed by atoms with Gasteiger partial charge in [0.1, 0.15) is 18.5 Å². The Balaban J connectivity index is 1.46. The Morgan fingerprint density at radius 3 is 2.28 bits per heavy atom. The van der Waals surface area contributed by atoms with Crippen molar-refractivity contribution in [2.24, 2.45) is 5.92 Å². The summed E-state index contributed by atoms with van der Waals surface area (Å²) in [6.45, 7) is 6.14. The number of benzene rings is 3. The van der Waals surface area contributed by atoms with Crippen LogP contribution < -0.4 is 15.4 Å². The van der Waals surface area contributed by atoms with Crippen LogP contribution in [0.15, 0.2) is 84.9 Å². The third-order valence-corrected chi connectivity index (χ3v) is 6.85. The summed E-state index contributed by atoms with van der Waals surface area (Å²) in [7, 11) is 0. The van der Waals surface area contributed by atoms with Crippen LogP contribution in [0, 0.1) is 5.92 Å². The lowest BCUT2D eigenvalue weighted by molar-refractivity contribution is -0.0380. The van der Waals surface area contributed by atoms with Crippen LogP contribution in [-0.2, 0) is 24.3 Å². The van der Waals surface area contributed by atoms with E-state index in [0.717, 1.165) is 28.9 Å². The first-order chi connectivity index (χ1) is 18.9. The number of likely N-dealkylation sites (tertiary alicyclic amines) is 1. The largest absolute Gasteiger partial charge is 0.493 e. The van der Waals surface area contributed by atoms with Gasteiger partial charge in [-0.1, -0.05) is 86.6 Å². The summed E-state index contributed by atoms with van der Waals surface area (Å²) in [6.07, 6.45) is -0.143. The zero-order valence-electron chi connectivity index (χ0n) is 22.9. The minimum atomic E-state index is -1.11. The number of amides is 1. The molecule has 0 aliphatic carbocycles. The van der Waals surface area contributed by atoms with Gasteiger partial charge < -0.3 is 9.47 Å². The number of rotatable bonds is 12. The molecular formula is C32H40FN3O3. The van der Waals surface area contributed by atoms with Crippen LogP contribution in [-0.4, -0.2) is 42.6 Å². The third kappa shape index (κ3) is 8.53. The highest BCUT2D eigenvalue weighted by Crippen LogP contribution is 2.27. The van der Waals surface area contributed by atoms with Crippen molar-refractivity contribution in [1.29, 1.82) is 0 Å². The number of hydrogen-bond donors (Lipinski definition) is 2. The van der Waals surface area contributed by atoms with Gasteiger partial charge in [-0.25, -0.2) is 9.18 Å². The van der Waals surface area contributed by atoms with Gasteiger partial charge >= 0.3 is 6.09 Å². The molecule has 0 saturated carbocycles. The first-order valence-electron chi connectivity index (χ1n) is 13.8. The van der Waals surface area contributed by atoms with Gasteiger partial charge in [-0.05, 0) is 47.6 Å². The lowest BCUT2D eigenvalue weighted by Gasteiger charge is -2.48. The summed E-state index contributed by atoms with van der Waals surface area (Å²) >= 11 is 0. The van der Waals surface area contributed by atoms with Crippen LogP contribution >= 0.6 is 0 Å². The number of halogens is 1. The molecule has 3 aromatic rings. The summed E-state index contributed by atoms with van der Waals surface area (Å²) in [4.78, 5) is 14.9. The zero-order chi connectivity index (χ0) is 27.5. The Morgan fingerprint density at radius 1 is 0.949 bits per heavy atom. The van der Waals surface area contributed by atoms with Crippen molar-refractivity contribution in [2.45, 2.75) is 58.2 Å². The fourth-order valence-electron chi connectivity index (χ4n) is 4.68. The second-order valence-corrected chi connectivity index (χ2v) is 10.5. The number of ether oxygens (including phenoxy) is 2. The lowest BCUT2D eigenvalue weighted by Crippen LogP contribution is -2.72. The lowest BCUT2D eigenvalue weighted by atomic mass is 10.00. The van der Waals surface area contributed by atoms with E-state index < -0.39 is 18.1 Å². The van der Waals surface area contributed by atoms with Gasteiger partial charge in [0, 0.05) is 19.5 Å². The van der Waals surface area contributed by atoms with Crippen molar-refractivity contribution in [3.63, 3.8) is 0 Å². The first kappa shape index (κ1) is 28.6. The summed E-state index contributed by atoms with van der Waals surface area (Å²) < 4.78 is 26.1. The van der Waals surface area contributed by atoms with Crippen LogP contribution in [0.1, 0.15) is 43.4 Å².